The maximum absolute atomic E-state index is 12.5. The van der Waals surface area contributed by atoms with E-state index in [2.05, 4.69) is 15.0 Å². The predicted octanol–water partition coefficient (Wildman–Crippen LogP) is 3.34. The first-order chi connectivity index (χ1) is 7.61. The van der Waals surface area contributed by atoms with Gasteiger partial charge in [-0.25, -0.2) is 23.7 Å². The third-order valence-corrected chi connectivity index (χ3v) is 2.81. The van der Waals surface area contributed by atoms with Crippen molar-refractivity contribution >= 4 is 34.4 Å². The van der Waals surface area contributed by atoms with Crippen LogP contribution in [0.2, 0.25) is 5.15 Å². The first kappa shape index (κ1) is 11.5. The van der Waals surface area contributed by atoms with Gasteiger partial charge in [0, 0.05) is 11.6 Å². The highest BCUT2D eigenvalue weighted by molar-refractivity contribution is 7.98. The zero-order valence-corrected chi connectivity index (χ0v) is 9.69. The zero-order chi connectivity index (χ0) is 11.7. The molecule has 7 heteroatoms. The number of thioether (sulfide) groups is 1. The molecule has 16 heavy (non-hydrogen) atoms. The van der Waals surface area contributed by atoms with Crippen molar-refractivity contribution in [2.45, 2.75) is 11.6 Å². The Labute approximate surface area is 99.3 Å². The minimum Gasteiger partial charge on any atom is -0.230 e. The van der Waals surface area contributed by atoms with Gasteiger partial charge in [-0.05, 0) is 12.3 Å². The van der Waals surface area contributed by atoms with E-state index >= 15 is 0 Å². The molecule has 2 heterocycles. The van der Waals surface area contributed by atoms with Crippen LogP contribution in [0.25, 0.3) is 11.0 Å². The molecule has 0 aromatic carbocycles. The molecule has 0 saturated heterocycles. The summed E-state index contributed by atoms with van der Waals surface area (Å²) in [6.45, 7) is 0. The maximum Gasteiger partial charge on any atom is 0.266 e. The molecule has 0 unspecified atom stereocenters. The summed E-state index contributed by atoms with van der Waals surface area (Å²) < 4.78 is 25.1. The third kappa shape index (κ3) is 2.08. The Balaban J connectivity index is 2.64. The molecule has 2 aromatic heterocycles. The molecule has 0 amide bonds. The number of aromatic nitrogens is 3. The summed E-state index contributed by atoms with van der Waals surface area (Å²) in [6.07, 6.45) is 0.629. The van der Waals surface area contributed by atoms with Gasteiger partial charge in [0.2, 0.25) is 0 Å². The number of alkyl halides is 2. The molecule has 0 atom stereocenters. The highest BCUT2D eigenvalue weighted by Crippen LogP contribution is 2.28. The van der Waals surface area contributed by atoms with Crippen LogP contribution in [0.5, 0.6) is 0 Å². The van der Waals surface area contributed by atoms with Gasteiger partial charge in [0.1, 0.15) is 5.15 Å². The molecular weight excluding hydrogens is 256 g/mol. The van der Waals surface area contributed by atoms with Crippen LogP contribution in [0, 0.1) is 0 Å². The third-order valence-electron chi connectivity index (χ3n) is 1.94. The molecule has 0 spiro atoms. The van der Waals surface area contributed by atoms with E-state index in [0.29, 0.717) is 16.2 Å². The van der Waals surface area contributed by atoms with E-state index in [9.17, 15) is 8.78 Å². The van der Waals surface area contributed by atoms with Gasteiger partial charge >= 0.3 is 0 Å². The van der Waals surface area contributed by atoms with Crippen molar-refractivity contribution in [1.82, 2.24) is 15.0 Å². The van der Waals surface area contributed by atoms with Gasteiger partial charge in [-0.3, -0.25) is 0 Å². The van der Waals surface area contributed by atoms with Crippen LogP contribution < -0.4 is 0 Å². The number of nitrogens with zero attached hydrogens (tertiary/aromatic N) is 3. The highest BCUT2D eigenvalue weighted by Gasteiger charge is 2.15. The number of halogens is 3. The van der Waals surface area contributed by atoms with Crippen molar-refractivity contribution in [3.63, 3.8) is 0 Å². The Kier molecular flexibility index (Phi) is 3.20. The number of hydrogen-bond acceptors (Lipinski definition) is 4. The molecule has 0 bridgehead atoms. The van der Waals surface area contributed by atoms with E-state index < -0.39 is 6.43 Å². The topological polar surface area (TPSA) is 38.7 Å². The van der Waals surface area contributed by atoms with Gasteiger partial charge in [-0.1, -0.05) is 23.4 Å². The van der Waals surface area contributed by atoms with Crippen LogP contribution in [0.15, 0.2) is 17.4 Å². The van der Waals surface area contributed by atoms with Crippen LogP contribution in [0.4, 0.5) is 8.78 Å². The summed E-state index contributed by atoms with van der Waals surface area (Å²) in [5.41, 5.74) is 0.0309. The smallest absolute Gasteiger partial charge is 0.230 e. The second-order valence-electron chi connectivity index (χ2n) is 2.94. The minimum atomic E-state index is -2.65. The lowest BCUT2D eigenvalue weighted by molar-refractivity contribution is 0.151. The van der Waals surface area contributed by atoms with Crippen LogP contribution in [0.1, 0.15) is 12.0 Å². The van der Waals surface area contributed by atoms with E-state index in [4.69, 9.17) is 11.6 Å². The average molecular weight is 262 g/mol. The Morgan fingerprint density at radius 1 is 1.38 bits per heavy atom. The Morgan fingerprint density at radius 3 is 2.75 bits per heavy atom. The van der Waals surface area contributed by atoms with E-state index in [-0.39, 0.29) is 10.7 Å². The summed E-state index contributed by atoms with van der Waals surface area (Å²) in [6, 6.07) is 1.26. The summed E-state index contributed by atoms with van der Waals surface area (Å²) in [4.78, 5) is 11.9. The molecule has 2 aromatic rings. The molecular formula is C9H6ClF2N3S. The van der Waals surface area contributed by atoms with E-state index in [1.165, 1.54) is 24.0 Å². The second-order valence-corrected chi connectivity index (χ2v) is 4.07. The van der Waals surface area contributed by atoms with Crippen LogP contribution in [0.3, 0.4) is 0 Å². The van der Waals surface area contributed by atoms with Crippen LogP contribution in [-0.4, -0.2) is 21.2 Å². The molecule has 0 aliphatic heterocycles. The van der Waals surface area contributed by atoms with Gasteiger partial charge < -0.3 is 0 Å². The number of rotatable bonds is 2. The van der Waals surface area contributed by atoms with E-state index in [0.717, 1.165) is 0 Å². The van der Waals surface area contributed by atoms with Crippen molar-refractivity contribution in [3.8, 4) is 0 Å². The van der Waals surface area contributed by atoms with Crippen molar-refractivity contribution in [3.05, 3.63) is 23.0 Å². The molecule has 2 rings (SSSR count). The van der Waals surface area contributed by atoms with Crippen molar-refractivity contribution < 1.29 is 8.78 Å². The Morgan fingerprint density at radius 2 is 2.12 bits per heavy atom. The lowest BCUT2D eigenvalue weighted by Crippen LogP contribution is -1.94. The molecule has 84 valence electrons. The fourth-order valence-corrected chi connectivity index (χ4v) is 1.75. The number of fused-ring (bicyclic) bond motifs is 1. The first-order valence-corrected chi connectivity index (χ1v) is 5.87. The fraction of sp³-hybridized carbons (Fsp3) is 0.222. The predicted molar refractivity (Wildman–Crippen MR) is 59.1 cm³/mol. The zero-order valence-electron chi connectivity index (χ0n) is 8.12. The van der Waals surface area contributed by atoms with Crippen molar-refractivity contribution in [2.24, 2.45) is 0 Å². The maximum atomic E-state index is 12.5. The molecule has 0 N–H and O–H groups in total. The molecule has 0 aliphatic carbocycles. The molecule has 0 radical (unpaired) electrons. The molecule has 0 aliphatic rings. The van der Waals surface area contributed by atoms with Gasteiger partial charge in [0.15, 0.2) is 10.8 Å². The lowest BCUT2D eigenvalue weighted by Gasteiger charge is -2.04. The number of pyridine rings is 1. The van der Waals surface area contributed by atoms with Crippen LogP contribution in [-0.2, 0) is 0 Å². The van der Waals surface area contributed by atoms with E-state index in [1.807, 2.05) is 6.26 Å². The molecule has 3 nitrogen and oxygen atoms in total. The second kappa shape index (κ2) is 4.47. The average Bonchev–Trinajstić information content (AvgIpc) is 2.27. The van der Waals surface area contributed by atoms with Crippen molar-refractivity contribution in [2.75, 3.05) is 6.26 Å². The Bertz CT molecular complexity index is 535. The first-order valence-electron chi connectivity index (χ1n) is 4.27. The fourth-order valence-electron chi connectivity index (χ4n) is 1.19. The molecule has 0 fully saturated rings. The summed E-state index contributed by atoms with van der Waals surface area (Å²) in [5.74, 6) is 0. The minimum absolute atomic E-state index is 0.215. The normalized spacial score (nSPS) is 11.3. The standard InChI is InChI=1S/C9H6ClF2N3S/c1-16-9-13-3-4-2-5(7(11)12)6(10)14-8(4)15-9/h2-3,7H,1H3. The van der Waals surface area contributed by atoms with Crippen molar-refractivity contribution in [1.29, 1.82) is 0 Å². The monoisotopic (exact) mass is 261 g/mol. The Hall–Kier alpha value is -1.01. The lowest BCUT2D eigenvalue weighted by atomic mass is 10.2. The van der Waals surface area contributed by atoms with Gasteiger partial charge in [-0.2, -0.15) is 0 Å². The summed E-state index contributed by atoms with van der Waals surface area (Å²) in [7, 11) is 0. The SMILES string of the molecule is CSc1ncc2cc(C(F)F)c(Cl)nc2n1. The van der Waals surface area contributed by atoms with Gasteiger partial charge in [0.05, 0.1) is 5.56 Å². The largest absolute Gasteiger partial charge is 0.266 e. The van der Waals surface area contributed by atoms with Gasteiger partial charge in [0.25, 0.3) is 6.43 Å². The van der Waals surface area contributed by atoms with Crippen LogP contribution >= 0.6 is 23.4 Å². The molecule has 0 saturated carbocycles. The summed E-state index contributed by atoms with van der Waals surface area (Å²) in [5, 5.41) is 0.770. The summed E-state index contributed by atoms with van der Waals surface area (Å²) >= 11 is 6.98. The number of hydrogen-bond donors (Lipinski definition) is 0. The quantitative estimate of drug-likeness (QED) is 0.472. The highest BCUT2D eigenvalue weighted by atomic mass is 35.5. The van der Waals surface area contributed by atoms with E-state index in [1.54, 1.807) is 0 Å². The van der Waals surface area contributed by atoms with Gasteiger partial charge in [-0.15, -0.1) is 0 Å².